The van der Waals surface area contributed by atoms with Gasteiger partial charge in [0.25, 0.3) is 0 Å². The Morgan fingerprint density at radius 2 is 2.31 bits per heavy atom. The van der Waals surface area contributed by atoms with Crippen LogP contribution < -0.4 is 5.32 Å². The minimum absolute atomic E-state index is 0.214. The summed E-state index contributed by atoms with van der Waals surface area (Å²) >= 11 is 0. The molecule has 1 saturated heterocycles. The molecule has 0 aromatic heterocycles. The minimum atomic E-state index is -0.214. The molecular formula is C10H21FN2. The van der Waals surface area contributed by atoms with Crippen molar-refractivity contribution in [1.29, 1.82) is 0 Å². The molecule has 1 N–H and O–H groups in total. The van der Waals surface area contributed by atoms with Gasteiger partial charge in [-0.1, -0.05) is 13.8 Å². The summed E-state index contributed by atoms with van der Waals surface area (Å²) in [4.78, 5) is 2.21. The fourth-order valence-corrected chi connectivity index (χ4v) is 1.94. The standard InChI is InChI=1S/C10H21FN2/c1-9(2)7-10-8-13(5-3-11)6-4-12-10/h9-10,12H,3-8H2,1-2H3. The summed E-state index contributed by atoms with van der Waals surface area (Å²) in [6.07, 6.45) is 1.20. The highest BCUT2D eigenvalue weighted by atomic mass is 19.1. The third-order valence-electron chi connectivity index (χ3n) is 2.50. The van der Waals surface area contributed by atoms with Crippen LogP contribution in [0, 0.1) is 5.92 Å². The first-order chi connectivity index (χ1) is 6.22. The maximum absolute atomic E-state index is 12.1. The van der Waals surface area contributed by atoms with E-state index in [0.29, 0.717) is 12.6 Å². The number of nitrogens with one attached hydrogen (secondary N) is 1. The summed E-state index contributed by atoms with van der Waals surface area (Å²) in [5.41, 5.74) is 0. The third kappa shape index (κ3) is 4.05. The zero-order chi connectivity index (χ0) is 9.68. The molecule has 78 valence electrons. The van der Waals surface area contributed by atoms with Gasteiger partial charge < -0.3 is 5.32 Å². The van der Waals surface area contributed by atoms with Crippen molar-refractivity contribution in [3.63, 3.8) is 0 Å². The summed E-state index contributed by atoms with van der Waals surface area (Å²) in [5.74, 6) is 0.725. The van der Waals surface area contributed by atoms with Gasteiger partial charge in [-0.2, -0.15) is 0 Å². The van der Waals surface area contributed by atoms with Crippen molar-refractivity contribution < 1.29 is 4.39 Å². The summed E-state index contributed by atoms with van der Waals surface area (Å²) < 4.78 is 12.1. The van der Waals surface area contributed by atoms with Crippen LogP contribution in [-0.4, -0.2) is 43.8 Å². The predicted octanol–water partition coefficient (Wildman–Crippen LogP) is 1.28. The maximum atomic E-state index is 12.1. The Labute approximate surface area is 80.5 Å². The number of alkyl halides is 1. The van der Waals surface area contributed by atoms with Gasteiger partial charge in [0.15, 0.2) is 0 Å². The van der Waals surface area contributed by atoms with Gasteiger partial charge in [0.05, 0.1) is 0 Å². The van der Waals surface area contributed by atoms with Gasteiger partial charge in [0, 0.05) is 32.2 Å². The van der Waals surface area contributed by atoms with Gasteiger partial charge >= 0.3 is 0 Å². The Morgan fingerprint density at radius 1 is 1.54 bits per heavy atom. The van der Waals surface area contributed by atoms with E-state index < -0.39 is 0 Å². The quantitative estimate of drug-likeness (QED) is 0.715. The highest BCUT2D eigenvalue weighted by molar-refractivity contribution is 4.79. The molecule has 0 radical (unpaired) electrons. The van der Waals surface area contributed by atoms with Crippen molar-refractivity contribution in [2.75, 3.05) is 32.9 Å². The van der Waals surface area contributed by atoms with E-state index in [9.17, 15) is 4.39 Å². The first-order valence-corrected chi connectivity index (χ1v) is 5.24. The van der Waals surface area contributed by atoms with E-state index in [1.807, 2.05) is 0 Å². The number of rotatable bonds is 4. The number of piperazine rings is 1. The summed E-state index contributed by atoms with van der Waals surface area (Å²) in [5, 5.41) is 3.47. The Kier molecular flexibility index (Phi) is 4.67. The Bertz CT molecular complexity index is 137. The van der Waals surface area contributed by atoms with Crippen molar-refractivity contribution in [1.82, 2.24) is 10.2 Å². The van der Waals surface area contributed by atoms with Gasteiger partial charge in [0.1, 0.15) is 6.67 Å². The van der Waals surface area contributed by atoms with E-state index in [4.69, 9.17) is 0 Å². The third-order valence-corrected chi connectivity index (χ3v) is 2.50. The van der Waals surface area contributed by atoms with Crippen LogP contribution in [0.1, 0.15) is 20.3 Å². The molecule has 0 aliphatic carbocycles. The average molecular weight is 188 g/mol. The molecule has 2 nitrogen and oxygen atoms in total. The SMILES string of the molecule is CC(C)CC1CN(CCF)CCN1. The normalized spacial score (nSPS) is 25.4. The summed E-state index contributed by atoms with van der Waals surface area (Å²) in [7, 11) is 0. The Hall–Kier alpha value is -0.150. The van der Waals surface area contributed by atoms with Gasteiger partial charge in [-0.25, -0.2) is 4.39 Å². The molecule has 1 heterocycles. The lowest BCUT2D eigenvalue weighted by Gasteiger charge is -2.33. The highest BCUT2D eigenvalue weighted by Crippen LogP contribution is 2.09. The number of nitrogens with zero attached hydrogens (tertiary/aromatic N) is 1. The zero-order valence-electron chi connectivity index (χ0n) is 8.72. The lowest BCUT2D eigenvalue weighted by molar-refractivity contribution is 0.175. The molecule has 1 aliphatic heterocycles. The molecule has 1 aliphatic rings. The van der Waals surface area contributed by atoms with E-state index in [2.05, 4.69) is 24.1 Å². The Morgan fingerprint density at radius 3 is 2.92 bits per heavy atom. The van der Waals surface area contributed by atoms with Gasteiger partial charge in [-0.05, 0) is 12.3 Å². The van der Waals surface area contributed by atoms with Crippen molar-refractivity contribution in [2.24, 2.45) is 5.92 Å². The van der Waals surface area contributed by atoms with Gasteiger partial charge in [-0.15, -0.1) is 0 Å². The number of halogens is 1. The lowest BCUT2D eigenvalue weighted by Crippen LogP contribution is -2.51. The van der Waals surface area contributed by atoms with Crippen LogP contribution >= 0.6 is 0 Å². The van der Waals surface area contributed by atoms with E-state index in [1.54, 1.807) is 0 Å². The predicted molar refractivity (Wildman–Crippen MR) is 53.7 cm³/mol. The summed E-state index contributed by atoms with van der Waals surface area (Å²) in [6.45, 7) is 7.88. The van der Waals surface area contributed by atoms with Crippen LogP contribution in [0.5, 0.6) is 0 Å². The second kappa shape index (κ2) is 5.55. The molecule has 0 aromatic carbocycles. The van der Waals surface area contributed by atoms with Crippen LogP contribution in [0.15, 0.2) is 0 Å². The Balaban J connectivity index is 2.24. The molecule has 0 saturated carbocycles. The topological polar surface area (TPSA) is 15.3 Å². The van der Waals surface area contributed by atoms with Crippen LogP contribution in [0.3, 0.4) is 0 Å². The van der Waals surface area contributed by atoms with Gasteiger partial charge in [0.2, 0.25) is 0 Å². The molecule has 13 heavy (non-hydrogen) atoms. The van der Waals surface area contributed by atoms with Gasteiger partial charge in [-0.3, -0.25) is 4.90 Å². The molecule has 1 fully saturated rings. The van der Waals surface area contributed by atoms with Crippen LogP contribution in [-0.2, 0) is 0 Å². The van der Waals surface area contributed by atoms with E-state index in [0.717, 1.165) is 25.6 Å². The van der Waals surface area contributed by atoms with Crippen molar-refractivity contribution in [2.45, 2.75) is 26.3 Å². The van der Waals surface area contributed by atoms with Crippen molar-refractivity contribution in [3.8, 4) is 0 Å². The second-order valence-corrected chi connectivity index (χ2v) is 4.27. The number of hydrogen-bond acceptors (Lipinski definition) is 2. The number of hydrogen-bond donors (Lipinski definition) is 1. The fraction of sp³-hybridized carbons (Fsp3) is 1.00. The molecule has 0 bridgehead atoms. The molecule has 3 heteroatoms. The first-order valence-electron chi connectivity index (χ1n) is 5.24. The van der Waals surface area contributed by atoms with Crippen LogP contribution in [0.4, 0.5) is 4.39 Å². The molecule has 1 rings (SSSR count). The highest BCUT2D eigenvalue weighted by Gasteiger charge is 2.19. The van der Waals surface area contributed by atoms with E-state index in [-0.39, 0.29) is 6.67 Å². The summed E-state index contributed by atoms with van der Waals surface area (Å²) in [6, 6.07) is 0.570. The molecule has 0 spiro atoms. The minimum Gasteiger partial charge on any atom is -0.311 e. The molecule has 0 amide bonds. The average Bonchev–Trinajstić information content (AvgIpc) is 2.04. The smallest absolute Gasteiger partial charge is 0.102 e. The van der Waals surface area contributed by atoms with Crippen LogP contribution in [0.25, 0.3) is 0 Å². The monoisotopic (exact) mass is 188 g/mol. The molecule has 1 atom stereocenters. The van der Waals surface area contributed by atoms with E-state index in [1.165, 1.54) is 6.42 Å². The molecule has 1 unspecified atom stereocenters. The largest absolute Gasteiger partial charge is 0.311 e. The molecule has 0 aromatic rings. The maximum Gasteiger partial charge on any atom is 0.102 e. The van der Waals surface area contributed by atoms with Crippen molar-refractivity contribution >= 4 is 0 Å². The van der Waals surface area contributed by atoms with Crippen molar-refractivity contribution in [3.05, 3.63) is 0 Å². The van der Waals surface area contributed by atoms with E-state index >= 15 is 0 Å². The van der Waals surface area contributed by atoms with Crippen LogP contribution in [0.2, 0.25) is 0 Å². The fourth-order valence-electron chi connectivity index (χ4n) is 1.94. The molecular weight excluding hydrogens is 167 g/mol. The zero-order valence-corrected chi connectivity index (χ0v) is 8.72. The first kappa shape index (κ1) is 10.9. The second-order valence-electron chi connectivity index (χ2n) is 4.27. The lowest BCUT2D eigenvalue weighted by atomic mass is 10.0.